The summed E-state index contributed by atoms with van der Waals surface area (Å²) in [6.45, 7) is 6.60. The molecule has 4 nitrogen and oxygen atoms in total. The van der Waals surface area contributed by atoms with Gasteiger partial charge in [0, 0.05) is 6.54 Å². The van der Waals surface area contributed by atoms with Crippen LogP contribution in [0.5, 0.6) is 0 Å². The fraction of sp³-hybridized carbons (Fsp3) is 0.500. The molecule has 0 unspecified atom stereocenters. The minimum atomic E-state index is -0.815. The first-order valence-electron chi connectivity index (χ1n) is 6.82. The number of nitrogens with one attached hydrogen (secondary N) is 1. The Kier molecular flexibility index (Phi) is 5.72. The molecule has 0 radical (unpaired) electrons. The SMILES string of the molecule is CC(C)[C@](C)(C#N)NC(=O)CN(C)Cc1ccccc1. The molecular weight excluding hydrogens is 250 g/mol. The second kappa shape index (κ2) is 7.06. The van der Waals surface area contributed by atoms with Crippen LogP contribution in [-0.4, -0.2) is 29.9 Å². The van der Waals surface area contributed by atoms with Crippen molar-refractivity contribution >= 4 is 5.91 Å². The van der Waals surface area contributed by atoms with Crippen LogP contribution in [0.25, 0.3) is 0 Å². The van der Waals surface area contributed by atoms with E-state index in [2.05, 4.69) is 11.4 Å². The third-order valence-corrected chi connectivity index (χ3v) is 3.49. The highest BCUT2D eigenvalue weighted by Gasteiger charge is 2.30. The highest BCUT2D eigenvalue weighted by atomic mass is 16.2. The molecule has 108 valence electrons. The molecule has 1 rings (SSSR count). The Morgan fingerprint density at radius 3 is 2.50 bits per heavy atom. The van der Waals surface area contributed by atoms with Gasteiger partial charge in [0.2, 0.25) is 5.91 Å². The molecule has 0 aliphatic carbocycles. The first kappa shape index (κ1) is 16.2. The number of rotatable bonds is 6. The summed E-state index contributed by atoms with van der Waals surface area (Å²) in [6.07, 6.45) is 0. The fourth-order valence-electron chi connectivity index (χ4n) is 1.83. The van der Waals surface area contributed by atoms with Crippen molar-refractivity contribution in [3.63, 3.8) is 0 Å². The van der Waals surface area contributed by atoms with Crippen LogP contribution in [0, 0.1) is 17.2 Å². The first-order valence-corrected chi connectivity index (χ1v) is 6.82. The van der Waals surface area contributed by atoms with Crippen molar-refractivity contribution in [3.8, 4) is 6.07 Å². The number of nitriles is 1. The highest BCUT2D eigenvalue weighted by Crippen LogP contribution is 2.15. The lowest BCUT2D eigenvalue weighted by Crippen LogP contribution is -2.51. The maximum absolute atomic E-state index is 12.0. The average molecular weight is 273 g/mol. The molecule has 1 amide bonds. The standard InChI is InChI=1S/C16H23N3O/c1-13(2)16(3,12-17)18-15(20)11-19(4)10-14-8-6-5-7-9-14/h5-9,13H,10-11H2,1-4H3,(H,18,20)/t16-/m0/s1. The van der Waals surface area contributed by atoms with E-state index in [1.54, 1.807) is 6.92 Å². The van der Waals surface area contributed by atoms with Gasteiger partial charge in [0.15, 0.2) is 0 Å². The summed E-state index contributed by atoms with van der Waals surface area (Å²) < 4.78 is 0. The lowest BCUT2D eigenvalue weighted by molar-refractivity contribution is -0.123. The van der Waals surface area contributed by atoms with Gasteiger partial charge >= 0.3 is 0 Å². The average Bonchev–Trinajstić information content (AvgIpc) is 2.39. The van der Waals surface area contributed by atoms with Crippen LogP contribution < -0.4 is 5.32 Å². The minimum Gasteiger partial charge on any atom is -0.337 e. The smallest absolute Gasteiger partial charge is 0.235 e. The summed E-state index contributed by atoms with van der Waals surface area (Å²) in [7, 11) is 1.89. The summed E-state index contributed by atoms with van der Waals surface area (Å²) in [5.41, 5.74) is 0.347. The highest BCUT2D eigenvalue weighted by molar-refractivity contribution is 5.79. The largest absolute Gasteiger partial charge is 0.337 e. The maximum Gasteiger partial charge on any atom is 0.235 e. The molecule has 0 spiro atoms. The molecule has 4 heteroatoms. The number of hydrogen-bond acceptors (Lipinski definition) is 3. The van der Waals surface area contributed by atoms with E-state index in [1.807, 2.05) is 56.1 Å². The van der Waals surface area contributed by atoms with Crippen molar-refractivity contribution in [1.82, 2.24) is 10.2 Å². The maximum atomic E-state index is 12.0. The molecule has 20 heavy (non-hydrogen) atoms. The van der Waals surface area contributed by atoms with Crippen LogP contribution in [0.15, 0.2) is 30.3 Å². The Bertz CT molecular complexity index is 478. The molecule has 0 aliphatic heterocycles. The zero-order chi connectivity index (χ0) is 15.2. The number of carbonyl (C=O) groups is 1. The van der Waals surface area contributed by atoms with Crippen LogP contribution in [0.1, 0.15) is 26.3 Å². The molecule has 0 aliphatic rings. The van der Waals surface area contributed by atoms with Crippen LogP contribution in [0.2, 0.25) is 0 Å². The summed E-state index contributed by atoms with van der Waals surface area (Å²) in [5.74, 6) is -0.0583. The predicted octanol–water partition coefficient (Wildman–Crippen LogP) is 2.17. The lowest BCUT2D eigenvalue weighted by Gasteiger charge is -2.28. The van der Waals surface area contributed by atoms with Gasteiger partial charge in [0.05, 0.1) is 12.6 Å². The number of likely N-dealkylation sites (N-methyl/N-ethyl adjacent to an activating group) is 1. The van der Waals surface area contributed by atoms with E-state index in [9.17, 15) is 10.1 Å². The van der Waals surface area contributed by atoms with Gasteiger partial charge in [-0.15, -0.1) is 0 Å². The van der Waals surface area contributed by atoms with Gasteiger partial charge in [0.1, 0.15) is 5.54 Å². The summed E-state index contributed by atoms with van der Waals surface area (Å²) >= 11 is 0. The van der Waals surface area contributed by atoms with Crippen LogP contribution in [0.4, 0.5) is 0 Å². The normalized spacial score (nSPS) is 13.8. The third-order valence-electron chi connectivity index (χ3n) is 3.49. The van der Waals surface area contributed by atoms with Crippen molar-refractivity contribution < 1.29 is 4.79 Å². The van der Waals surface area contributed by atoms with E-state index in [1.165, 1.54) is 0 Å². The van der Waals surface area contributed by atoms with E-state index in [0.29, 0.717) is 6.54 Å². The van der Waals surface area contributed by atoms with Crippen molar-refractivity contribution in [2.75, 3.05) is 13.6 Å². The fourth-order valence-corrected chi connectivity index (χ4v) is 1.83. The van der Waals surface area contributed by atoms with Crippen molar-refractivity contribution in [2.24, 2.45) is 5.92 Å². The Morgan fingerprint density at radius 2 is 2.00 bits per heavy atom. The second-order valence-corrected chi connectivity index (χ2v) is 5.67. The van der Waals surface area contributed by atoms with E-state index < -0.39 is 5.54 Å². The molecule has 1 N–H and O–H groups in total. The van der Waals surface area contributed by atoms with Crippen LogP contribution in [0.3, 0.4) is 0 Å². The Hall–Kier alpha value is -1.86. The number of amides is 1. The molecule has 0 saturated carbocycles. The Labute approximate surface area is 121 Å². The molecule has 1 atom stereocenters. The van der Waals surface area contributed by atoms with Gasteiger partial charge in [-0.1, -0.05) is 44.2 Å². The van der Waals surface area contributed by atoms with Gasteiger partial charge in [-0.05, 0) is 25.5 Å². The number of carbonyl (C=O) groups excluding carboxylic acids is 1. The molecular formula is C16H23N3O. The van der Waals surface area contributed by atoms with Gasteiger partial charge in [-0.3, -0.25) is 9.69 Å². The molecule has 0 saturated heterocycles. The van der Waals surface area contributed by atoms with E-state index in [-0.39, 0.29) is 18.4 Å². The van der Waals surface area contributed by atoms with E-state index in [4.69, 9.17) is 0 Å². The lowest BCUT2D eigenvalue weighted by atomic mass is 9.90. The van der Waals surface area contributed by atoms with Gasteiger partial charge in [-0.25, -0.2) is 0 Å². The third kappa shape index (κ3) is 4.67. The Morgan fingerprint density at radius 1 is 1.40 bits per heavy atom. The Balaban J connectivity index is 2.52. The van der Waals surface area contributed by atoms with Gasteiger partial charge in [0.25, 0.3) is 0 Å². The number of hydrogen-bond donors (Lipinski definition) is 1. The first-order chi connectivity index (χ1) is 9.37. The monoisotopic (exact) mass is 273 g/mol. The molecule has 0 bridgehead atoms. The zero-order valence-electron chi connectivity index (χ0n) is 12.7. The molecule has 1 aromatic carbocycles. The zero-order valence-corrected chi connectivity index (χ0v) is 12.7. The van der Waals surface area contributed by atoms with Gasteiger partial charge in [-0.2, -0.15) is 5.26 Å². The van der Waals surface area contributed by atoms with Gasteiger partial charge < -0.3 is 5.32 Å². The van der Waals surface area contributed by atoms with E-state index >= 15 is 0 Å². The second-order valence-electron chi connectivity index (χ2n) is 5.67. The summed E-state index contributed by atoms with van der Waals surface area (Å²) in [5, 5.41) is 12.0. The van der Waals surface area contributed by atoms with Crippen LogP contribution in [-0.2, 0) is 11.3 Å². The molecule has 0 fully saturated rings. The summed E-state index contributed by atoms with van der Waals surface area (Å²) in [4.78, 5) is 14.0. The summed E-state index contributed by atoms with van der Waals surface area (Å²) in [6, 6.07) is 12.2. The van der Waals surface area contributed by atoms with Crippen LogP contribution >= 0.6 is 0 Å². The van der Waals surface area contributed by atoms with Crippen molar-refractivity contribution in [3.05, 3.63) is 35.9 Å². The van der Waals surface area contributed by atoms with Crippen molar-refractivity contribution in [1.29, 1.82) is 5.26 Å². The number of nitrogens with zero attached hydrogens (tertiary/aromatic N) is 2. The van der Waals surface area contributed by atoms with Crippen molar-refractivity contribution in [2.45, 2.75) is 32.9 Å². The number of benzene rings is 1. The molecule has 0 heterocycles. The topological polar surface area (TPSA) is 56.1 Å². The molecule has 0 aromatic heterocycles. The minimum absolute atomic E-state index is 0.0656. The predicted molar refractivity (Wildman–Crippen MR) is 79.8 cm³/mol. The molecule has 1 aromatic rings. The quantitative estimate of drug-likeness (QED) is 0.864. The van der Waals surface area contributed by atoms with E-state index in [0.717, 1.165) is 5.56 Å².